The van der Waals surface area contributed by atoms with Crippen LogP contribution in [0.15, 0.2) is 0 Å². The lowest BCUT2D eigenvalue weighted by Gasteiger charge is -2.25. The van der Waals surface area contributed by atoms with E-state index in [1.54, 1.807) is 0 Å². The molecule has 0 aromatic carbocycles. The zero-order chi connectivity index (χ0) is 10.4. The predicted octanol–water partition coefficient (Wildman–Crippen LogP) is 1.00. The van der Waals surface area contributed by atoms with E-state index in [1.165, 1.54) is 0 Å². The Bertz CT molecular complexity index is 148. The van der Waals surface area contributed by atoms with E-state index in [9.17, 15) is 0 Å². The zero-order valence-electron chi connectivity index (χ0n) is 9.73. The molecule has 1 atom stereocenters. The fraction of sp³-hybridized carbons (Fsp3) is 1.00. The van der Waals surface area contributed by atoms with E-state index >= 15 is 0 Å². The summed E-state index contributed by atoms with van der Waals surface area (Å²) in [5.41, 5.74) is 0.385. The molecule has 84 valence electrons. The number of morpholine rings is 1. The van der Waals surface area contributed by atoms with Crippen LogP contribution in [0, 0.1) is 5.41 Å². The SMILES string of the molecule is CC(C)(C)CNCCC1COCCN1. The van der Waals surface area contributed by atoms with Gasteiger partial charge < -0.3 is 15.4 Å². The zero-order valence-corrected chi connectivity index (χ0v) is 9.73. The Morgan fingerprint density at radius 3 is 2.79 bits per heavy atom. The Kier molecular flexibility index (Phi) is 4.85. The summed E-state index contributed by atoms with van der Waals surface area (Å²) in [5, 5.41) is 6.93. The smallest absolute Gasteiger partial charge is 0.0620 e. The molecule has 1 aliphatic rings. The van der Waals surface area contributed by atoms with Gasteiger partial charge in [-0.1, -0.05) is 20.8 Å². The van der Waals surface area contributed by atoms with Crippen molar-refractivity contribution in [1.82, 2.24) is 10.6 Å². The maximum atomic E-state index is 5.39. The molecule has 3 nitrogen and oxygen atoms in total. The molecule has 3 heteroatoms. The first-order valence-corrected chi connectivity index (χ1v) is 5.60. The van der Waals surface area contributed by atoms with Crippen molar-refractivity contribution in [3.05, 3.63) is 0 Å². The molecule has 2 N–H and O–H groups in total. The van der Waals surface area contributed by atoms with E-state index in [2.05, 4.69) is 31.4 Å². The second-order valence-electron chi connectivity index (χ2n) is 5.25. The Morgan fingerprint density at radius 2 is 2.21 bits per heavy atom. The highest BCUT2D eigenvalue weighted by molar-refractivity contribution is 4.72. The van der Waals surface area contributed by atoms with Gasteiger partial charge in [-0.25, -0.2) is 0 Å². The summed E-state index contributed by atoms with van der Waals surface area (Å²) in [6.07, 6.45) is 1.16. The number of ether oxygens (including phenoxy) is 1. The first-order valence-electron chi connectivity index (χ1n) is 5.60. The van der Waals surface area contributed by atoms with Crippen molar-refractivity contribution in [2.75, 3.05) is 32.8 Å². The van der Waals surface area contributed by atoms with Gasteiger partial charge in [0, 0.05) is 12.6 Å². The molecule has 0 aromatic rings. The van der Waals surface area contributed by atoms with E-state index in [0.29, 0.717) is 11.5 Å². The van der Waals surface area contributed by atoms with Crippen LogP contribution in [-0.2, 0) is 4.74 Å². The van der Waals surface area contributed by atoms with Crippen LogP contribution in [0.5, 0.6) is 0 Å². The Labute approximate surface area is 87.6 Å². The van der Waals surface area contributed by atoms with Crippen LogP contribution in [0.4, 0.5) is 0 Å². The molecule has 0 saturated carbocycles. The van der Waals surface area contributed by atoms with Crippen molar-refractivity contribution < 1.29 is 4.74 Å². The standard InChI is InChI=1S/C11H24N2O/c1-11(2,3)9-12-5-4-10-8-14-7-6-13-10/h10,12-13H,4-9H2,1-3H3. The average Bonchev–Trinajstić information content (AvgIpc) is 2.13. The van der Waals surface area contributed by atoms with Crippen LogP contribution in [0.1, 0.15) is 27.2 Å². The van der Waals surface area contributed by atoms with Gasteiger partial charge in [0.2, 0.25) is 0 Å². The molecule has 0 amide bonds. The first kappa shape index (κ1) is 12.0. The van der Waals surface area contributed by atoms with Gasteiger partial charge in [0.1, 0.15) is 0 Å². The maximum absolute atomic E-state index is 5.39. The Balaban J connectivity index is 1.97. The van der Waals surface area contributed by atoms with Crippen molar-refractivity contribution in [2.45, 2.75) is 33.2 Å². The van der Waals surface area contributed by atoms with E-state index in [4.69, 9.17) is 4.74 Å². The van der Waals surface area contributed by atoms with Crippen molar-refractivity contribution in [3.63, 3.8) is 0 Å². The maximum Gasteiger partial charge on any atom is 0.0620 e. The van der Waals surface area contributed by atoms with Crippen molar-refractivity contribution in [2.24, 2.45) is 5.41 Å². The number of hydrogen-bond acceptors (Lipinski definition) is 3. The van der Waals surface area contributed by atoms with Gasteiger partial charge in [-0.05, 0) is 24.9 Å². The molecule has 1 fully saturated rings. The van der Waals surface area contributed by atoms with Gasteiger partial charge >= 0.3 is 0 Å². The van der Waals surface area contributed by atoms with Gasteiger partial charge in [-0.3, -0.25) is 0 Å². The quantitative estimate of drug-likeness (QED) is 0.664. The molecule has 1 heterocycles. The molecule has 0 aromatic heterocycles. The highest BCUT2D eigenvalue weighted by Gasteiger charge is 2.13. The third-order valence-electron chi connectivity index (χ3n) is 2.32. The summed E-state index contributed by atoms with van der Waals surface area (Å²) >= 11 is 0. The highest BCUT2D eigenvalue weighted by atomic mass is 16.5. The Morgan fingerprint density at radius 1 is 1.43 bits per heavy atom. The van der Waals surface area contributed by atoms with Crippen molar-refractivity contribution in [3.8, 4) is 0 Å². The van der Waals surface area contributed by atoms with Crippen molar-refractivity contribution >= 4 is 0 Å². The minimum Gasteiger partial charge on any atom is -0.379 e. The minimum absolute atomic E-state index is 0.385. The third kappa shape index (κ3) is 5.58. The normalized spacial score (nSPS) is 23.8. The molecule has 0 bridgehead atoms. The lowest BCUT2D eigenvalue weighted by atomic mass is 9.97. The van der Waals surface area contributed by atoms with E-state index in [-0.39, 0.29) is 0 Å². The molecule has 1 saturated heterocycles. The molecular weight excluding hydrogens is 176 g/mol. The van der Waals surface area contributed by atoms with Crippen LogP contribution in [0.3, 0.4) is 0 Å². The van der Waals surface area contributed by atoms with Gasteiger partial charge in [-0.2, -0.15) is 0 Å². The molecule has 0 spiro atoms. The molecule has 1 unspecified atom stereocenters. The number of hydrogen-bond donors (Lipinski definition) is 2. The second-order valence-corrected chi connectivity index (χ2v) is 5.25. The van der Waals surface area contributed by atoms with E-state index < -0.39 is 0 Å². The third-order valence-corrected chi connectivity index (χ3v) is 2.32. The summed E-state index contributed by atoms with van der Waals surface area (Å²) in [4.78, 5) is 0. The molecule has 0 aliphatic carbocycles. The van der Waals surface area contributed by atoms with Crippen LogP contribution < -0.4 is 10.6 Å². The summed E-state index contributed by atoms with van der Waals surface area (Å²) < 4.78 is 5.39. The fourth-order valence-corrected chi connectivity index (χ4v) is 1.54. The monoisotopic (exact) mass is 200 g/mol. The molecular formula is C11H24N2O. The van der Waals surface area contributed by atoms with Gasteiger partial charge in [0.05, 0.1) is 13.2 Å². The minimum atomic E-state index is 0.385. The predicted molar refractivity (Wildman–Crippen MR) is 59.6 cm³/mol. The van der Waals surface area contributed by atoms with Gasteiger partial charge in [-0.15, -0.1) is 0 Å². The summed E-state index contributed by atoms with van der Waals surface area (Å²) in [6.45, 7) is 11.7. The Hall–Kier alpha value is -0.120. The average molecular weight is 200 g/mol. The molecule has 14 heavy (non-hydrogen) atoms. The molecule has 1 aliphatic heterocycles. The fourth-order valence-electron chi connectivity index (χ4n) is 1.54. The highest BCUT2D eigenvalue weighted by Crippen LogP contribution is 2.10. The topological polar surface area (TPSA) is 33.3 Å². The van der Waals surface area contributed by atoms with Crippen LogP contribution in [0.2, 0.25) is 0 Å². The number of nitrogens with one attached hydrogen (secondary N) is 2. The second kappa shape index (κ2) is 5.69. The van der Waals surface area contributed by atoms with Crippen LogP contribution >= 0.6 is 0 Å². The lowest BCUT2D eigenvalue weighted by molar-refractivity contribution is 0.0741. The van der Waals surface area contributed by atoms with Gasteiger partial charge in [0.15, 0.2) is 0 Å². The van der Waals surface area contributed by atoms with Gasteiger partial charge in [0.25, 0.3) is 0 Å². The molecule has 0 radical (unpaired) electrons. The summed E-state index contributed by atoms with van der Waals surface area (Å²) in [7, 11) is 0. The molecule has 1 rings (SSSR count). The van der Waals surface area contributed by atoms with Crippen LogP contribution in [-0.4, -0.2) is 38.9 Å². The lowest BCUT2D eigenvalue weighted by Crippen LogP contribution is -2.43. The number of rotatable bonds is 4. The van der Waals surface area contributed by atoms with Crippen molar-refractivity contribution in [1.29, 1.82) is 0 Å². The largest absolute Gasteiger partial charge is 0.379 e. The summed E-state index contributed by atoms with van der Waals surface area (Å²) in [6, 6.07) is 0.552. The van der Waals surface area contributed by atoms with E-state index in [0.717, 1.165) is 39.3 Å². The first-order chi connectivity index (χ1) is 6.58. The van der Waals surface area contributed by atoms with Crippen LogP contribution in [0.25, 0.3) is 0 Å². The van der Waals surface area contributed by atoms with E-state index in [1.807, 2.05) is 0 Å². The summed E-state index contributed by atoms with van der Waals surface area (Å²) in [5.74, 6) is 0.